The Hall–Kier alpha value is -3.68. The first kappa shape index (κ1) is 23.6. The molecule has 3 N–H and O–H groups in total. The first-order chi connectivity index (χ1) is 14.7. The summed E-state index contributed by atoms with van der Waals surface area (Å²) in [4.78, 5) is 34.4. The summed E-state index contributed by atoms with van der Waals surface area (Å²) in [5, 5.41) is 20.7. The summed E-state index contributed by atoms with van der Waals surface area (Å²) in [5.41, 5.74) is 1.27. The lowest BCUT2D eigenvalue weighted by molar-refractivity contribution is -0.131. The molecule has 7 nitrogen and oxygen atoms in total. The highest BCUT2D eigenvalue weighted by atomic mass is 19.1. The minimum Gasteiger partial charge on any atom is -0.505 e. The number of phenolic OH excluding ortho intramolecular Hbond substituents is 1. The zero-order chi connectivity index (χ0) is 23.0. The molecule has 0 spiro atoms. The van der Waals surface area contributed by atoms with Crippen LogP contribution in [0.2, 0.25) is 0 Å². The fourth-order valence-corrected chi connectivity index (χ4v) is 2.96. The second kappa shape index (κ2) is 10.9. The summed E-state index contributed by atoms with van der Waals surface area (Å²) < 4.78 is 19.4. The van der Waals surface area contributed by atoms with Crippen molar-refractivity contribution in [3.63, 3.8) is 0 Å². The Morgan fingerprint density at radius 2 is 1.84 bits per heavy atom. The Balaban J connectivity index is 2.14. The quantitative estimate of drug-likeness (QED) is 0.378. The highest BCUT2D eigenvalue weighted by Crippen LogP contribution is 2.32. The molecule has 0 saturated heterocycles. The van der Waals surface area contributed by atoms with Crippen LogP contribution in [0.1, 0.15) is 48.7 Å². The van der Waals surface area contributed by atoms with E-state index in [2.05, 4.69) is 5.32 Å². The number of ether oxygens (including phenoxy) is 1. The van der Waals surface area contributed by atoms with E-state index in [-0.39, 0.29) is 11.7 Å². The number of hydrogen-bond acceptors (Lipinski definition) is 5. The summed E-state index contributed by atoms with van der Waals surface area (Å²) in [6.07, 6.45) is 1.79. The summed E-state index contributed by atoms with van der Waals surface area (Å²) in [6.45, 7) is 3.23. The van der Waals surface area contributed by atoms with Crippen LogP contribution in [0.15, 0.2) is 54.6 Å². The Morgan fingerprint density at radius 1 is 1.16 bits per heavy atom. The smallest absolute Gasteiger partial charge is 0.412 e. The second-order valence-corrected chi connectivity index (χ2v) is 7.09. The maximum absolute atomic E-state index is 13.9. The van der Waals surface area contributed by atoms with Crippen molar-refractivity contribution in [1.29, 1.82) is 0 Å². The number of aliphatic carboxylic acids is 1. The molecule has 31 heavy (non-hydrogen) atoms. The third-order valence-corrected chi connectivity index (χ3v) is 4.64. The van der Waals surface area contributed by atoms with Crippen molar-refractivity contribution in [2.75, 3.05) is 5.32 Å². The number of anilines is 1. The molecule has 0 saturated carbocycles. The van der Waals surface area contributed by atoms with Gasteiger partial charge in [-0.25, -0.2) is 14.0 Å². The number of rotatable bonds is 9. The van der Waals surface area contributed by atoms with Crippen LogP contribution >= 0.6 is 0 Å². The molecule has 0 unspecified atom stereocenters. The van der Waals surface area contributed by atoms with E-state index in [0.717, 1.165) is 12.1 Å². The fourth-order valence-electron chi connectivity index (χ4n) is 2.96. The van der Waals surface area contributed by atoms with Gasteiger partial charge in [-0.05, 0) is 67.6 Å². The maximum Gasteiger partial charge on any atom is 0.412 e. The van der Waals surface area contributed by atoms with Crippen LogP contribution in [-0.4, -0.2) is 28.1 Å². The number of halogens is 1. The average Bonchev–Trinajstić information content (AvgIpc) is 2.71. The number of hydrogen-bond donors (Lipinski definition) is 3. The normalized spacial score (nSPS) is 12.9. The lowest BCUT2D eigenvalue weighted by Crippen LogP contribution is -2.22. The molecular formula is C23H24FNO6. The van der Waals surface area contributed by atoms with Crippen molar-refractivity contribution in [2.45, 2.75) is 32.8 Å². The predicted octanol–water partition coefficient (Wildman–Crippen LogP) is 5.08. The van der Waals surface area contributed by atoms with Crippen LogP contribution in [-0.2, 0) is 9.53 Å². The third-order valence-electron chi connectivity index (χ3n) is 4.64. The monoisotopic (exact) mass is 429 g/mol. The van der Waals surface area contributed by atoms with Gasteiger partial charge < -0.3 is 14.9 Å². The van der Waals surface area contributed by atoms with E-state index in [9.17, 15) is 23.9 Å². The Labute approximate surface area is 179 Å². The van der Waals surface area contributed by atoms with Crippen LogP contribution in [0, 0.1) is 11.7 Å². The number of carboxylic acid groups (broad SMARTS) is 1. The highest BCUT2D eigenvalue weighted by molar-refractivity contribution is 5.95. The molecule has 0 aliphatic carbocycles. The molecule has 0 heterocycles. The molecule has 164 valence electrons. The van der Waals surface area contributed by atoms with E-state index < -0.39 is 29.7 Å². The van der Waals surface area contributed by atoms with Gasteiger partial charge in [0, 0.05) is 17.3 Å². The minimum atomic E-state index is -1.06. The Morgan fingerprint density at radius 3 is 2.42 bits per heavy atom. The summed E-state index contributed by atoms with van der Waals surface area (Å²) in [7, 11) is 0. The highest BCUT2D eigenvalue weighted by Gasteiger charge is 2.24. The molecule has 0 fully saturated rings. The number of amides is 1. The number of ketones is 1. The van der Waals surface area contributed by atoms with E-state index in [1.807, 2.05) is 0 Å². The molecule has 2 aromatic carbocycles. The summed E-state index contributed by atoms with van der Waals surface area (Å²) in [5.74, 6) is -2.81. The molecule has 0 bridgehead atoms. The first-order valence-corrected chi connectivity index (χ1v) is 9.64. The van der Waals surface area contributed by atoms with Gasteiger partial charge >= 0.3 is 12.1 Å². The van der Waals surface area contributed by atoms with Gasteiger partial charge in [0.1, 0.15) is 6.10 Å². The number of allylic oxidation sites excluding steroid dienone is 1. The van der Waals surface area contributed by atoms with E-state index in [4.69, 9.17) is 9.84 Å². The van der Waals surface area contributed by atoms with Gasteiger partial charge in [0.25, 0.3) is 0 Å². The fraction of sp³-hybridized carbons (Fsp3) is 0.261. The lowest BCUT2D eigenvalue weighted by Gasteiger charge is -2.25. The molecule has 8 heteroatoms. The molecule has 0 aliphatic rings. The lowest BCUT2D eigenvalue weighted by atomic mass is 9.93. The molecule has 0 aliphatic heterocycles. The van der Waals surface area contributed by atoms with Crippen LogP contribution in [0.4, 0.5) is 14.9 Å². The zero-order valence-electron chi connectivity index (χ0n) is 17.2. The molecule has 2 aromatic rings. The van der Waals surface area contributed by atoms with Crippen LogP contribution in [0.5, 0.6) is 5.75 Å². The minimum absolute atomic E-state index is 0.102. The molecule has 0 radical (unpaired) electrons. The van der Waals surface area contributed by atoms with Crippen molar-refractivity contribution in [3.8, 4) is 5.75 Å². The third kappa shape index (κ3) is 7.26. The average molecular weight is 429 g/mol. The van der Waals surface area contributed by atoms with Gasteiger partial charge in [0.2, 0.25) is 0 Å². The van der Waals surface area contributed by atoms with E-state index in [1.54, 1.807) is 31.2 Å². The van der Waals surface area contributed by atoms with Gasteiger partial charge in [-0.1, -0.05) is 19.1 Å². The topological polar surface area (TPSA) is 113 Å². The van der Waals surface area contributed by atoms with Crippen LogP contribution in [0.3, 0.4) is 0 Å². The van der Waals surface area contributed by atoms with E-state index in [1.165, 1.54) is 25.1 Å². The number of carboxylic acids is 1. The number of Topliss-reactive ketones (excluding diaryl/α,β-unsaturated/α-hetero) is 1. The molecule has 1 amide bonds. The summed E-state index contributed by atoms with van der Waals surface area (Å²) in [6, 6.07) is 10.0. The molecule has 2 atom stereocenters. The van der Waals surface area contributed by atoms with Gasteiger partial charge in [-0.3, -0.25) is 10.1 Å². The second-order valence-electron chi connectivity index (χ2n) is 7.09. The number of phenols is 1. The number of carbonyl (C=O) groups excluding carboxylic acids is 2. The number of benzene rings is 2. The van der Waals surface area contributed by atoms with Gasteiger partial charge in [0.15, 0.2) is 17.3 Å². The van der Waals surface area contributed by atoms with E-state index in [0.29, 0.717) is 29.7 Å². The zero-order valence-corrected chi connectivity index (χ0v) is 17.2. The number of nitrogens with one attached hydrogen (secondary N) is 1. The Kier molecular flexibility index (Phi) is 8.31. The molecule has 0 aromatic heterocycles. The predicted molar refractivity (Wildman–Crippen MR) is 113 cm³/mol. The van der Waals surface area contributed by atoms with Crippen molar-refractivity contribution >= 4 is 23.5 Å². The van der Waals surface area contributed by atoms with Crippen molar-refractivity contribution in [2.24, 2.45) is 5.92 Å². The largest absolute Gasteiger partial charge is 0.505 e. The maximum atomic E-state index is 13.9. The first-order valence-electron chi connectivity index (χ1n) is 9.64. The van der Waals surface area contributed by atoms with Crippen molar-refractivity contribution in [3.05, 3.63) is 71.6 Å². The standard InChI is InChI=1S/C23H24FNO6/c1-14(5-3-4-6-21(28)29)22(17-9-12-20(27)19(24)13-17)31-23(30)25-18-10-7-16(8-11-18)15(2)26/h4,6-14,22,27H,3,5H2,1-2H3,(H,25,30)(H,28,29)/b6-4+/t14-,22-/m0/s1. The number of carbonyl (C=O) groups is 3. The van der Waals surface area contributed by atoms with Gasteiger partial charge in [-0.15, -0.1) is 0 Å². The Bertz CT molecular complexity index is 971. The van der Waals surface area contributed by atoms with Crippen LogP contribution < -0.4 is 5.32 Å². The SMILES string of the molecule is CC(=O)c1ccc(NC(=O)O[C@H](c2ccc(O)c(F)c2)[C@@H](C)CC/C=C/C(=O)O)cc1. The summed E-state index contributed by atoms with van der Waals surface area (Å²) >= 11 is 0. The van der Waals surface area contributed by atoms with Gasteiger partial charge in [0.05, 0.1) is 0 Å². The molecular weight excluding hydrogens is 405 g/mol. The van der Waals surface area contributed by atoms with E-state index >= 15 is 0 Å². The van der Waals surface area contributed by atoms with Crippen molar-refractivity contribution < 1.29 is 33.7 Å². The number of aromatic hydroxyl groups is 1. The van der Waals surface area contributed by atoms with Crippen LogP contribution in [0.25, 0.3) is 0 Å². The van der Waals surface area contributed by atoms with Crippen molar-refractivity contribution in [1.82, 2.24) is 0 Å². The van der Waals surface area contributed by atoms with Gasteiger partial charge in [-0.2, -0.15) is 0 Å². The molecule has 2 rings (SSSR count).